The minimum atomic E-state index is -1.19. The Morgan fingerprint density at radius 1 is 1.46 bits per heavy atom. The van der Waals surface area contributed by atoms with E-state index >= 15 is 0 Å². The van der Waals surface area contributed by atoms with Gasteiger partial charge in [0.15, 0.2) is 0 Å². The molecule has 9 heteroatoms. The average molecular weight is 371 g/mol. The van der Waals surface area contributed by atoms with Crippen LogP contribution in [0.3, 0.4) is 0 Å². The lowest BCUT2D eigenvalue weighted by atomic mass is 9.96. The predicted octanol–water partition coefficient (Wildman–Crippen LogP) is 1.69. The number of aromatic amines is 1. The van der Waals surface area contributed by atoms with Gasteiger partial charge < -0.3 is 9.84 Å². The van der Waals surface area contributed by atoms with Gasteiger partial charge in [-0.2, -0.15) is 5.26 Å². The number of nitrogens with one attached hydrogen (secondary N) is 1. The number of ether oxygens (including phenoxy) is 1. The van der Waals surface area contributed by atoms with E-state index in [9.17, 15) is 24.8 Å². The van der Waals surface area contributed by atoms with Gasteiger partial charge in [0.1, 0.15) is 16.1 Å². The van der Waals surface area contributed by atoms with Crippen molar-refractivity contribution < 1.29 is 14.6 Å². The number of H-pyrrole nitrogens is 1. The molecule has 3 aromatic rings. The smallest absolute Gasteiger partial charge is 0.339 e. The predicted molar refractivity (Wildman–Crippen MR) is 95.2 cm³/mol. The average Bonchev–Trinajstić information content (AvgIpc) is 3.08. The van der Waals surface area contributed by atoms with Gasteiger partial charge in [-0.3, -0.25) is 14.3 Å². The number of rotatable bonds is 4. The highest BCUT2D eigenvalue weighted by atomic mass is 32.1. The molecule has 0 spiro atoms. The van der Waals surface area contributed by atoms with Gasteiger partial charge >= 0.3 is 11.7 Å². The van der Waals surface area contributed by atoms with Crippen LogP contribution in [0.5, 0.6) is 5.75 Å². The molecule has 2 aromatic heterocycles. The molecule has 0 aliphatic rings. The number of aromatic nitrogens is 2. The fraction of sp³-hybridized carbons (Fsp3) is 0.176. The fourth-order valence-corrected chi connectivity index (χ4v) is 3.76. The Morgan fingerprint density at radius 3 is 2.81 bits per heavy atom. The molecule has 2 N–H and O–H groups in total. The zero-order valence-electron chi connectivity index (χ0n) is 13.8. The van der Waals surface area contributed by atoms with Crippen molar-refractivity contribution in [2.24, 2.45) is 0 Å². The van der Waals surface area contributed by atoms with Gasteiger partial charge in [-0.25, -0.2) is 9.59 Å². The van der Waals surface area contributed by atoms with E-state index in [1.165, 1.54) is 29.1 Å². The first-order valence-corrected chi connectivity index (χ1v) is 8.31. The molecule has 0 aliphatic carbocycles. The van der Waals surface area contributed by atoms with E-state index in [2.05, 4.69) is 4.98 Å². The lowest BCUT2D eigenvalue weighted by Crippen LogP contribution is -2.30. The SMILES string of the molecule is COc1cc(C#N)c(Cn2c(=O)[nH]c(=O)c3ccsc32)c(C)c1C(=O)O. The molecule has 3 rings (SSSR count). The van der Waals surface area contributed by atoms with Gasteiger partial charge in [-0.15, -0.1) is 11.3 Å². The Morgan fingerprint density at radius 2 is 2.19 bits per heavy atom. The van der Waals surface area contributed by atoms with E-state index in [0.717, 1.165) is 0 Å². The summed E-state index contributed by atoms with van der Waals surface area (Å²) in [5.74, 6) is -1.12. The molecule has 8 nitrogen and oxygen atoms in total. The summed E-state index contributed by atoms with van der Waals surface area (Å²) in [6.45, 7) is 1.51. The van der Waals surface area contributed by atoms with Crippen molar-refractivity contribution in [2.75, 3.05) is 7.11 Å². The highest BCUT2D eigenvalue weighted by Crippen LogP contribution is 2.29. The molecule has 0 saturated carbocycles. The first kappa shape index (κ1) is 17.4. The van der Waals surface area contributed by atoms with E-state index in [0.29, 0.717) is 21.3 Å². The third-order valence-corrected chi connectivity index (χ3v) is 5.08. The Hall–Kier alpha value is -3.38. The maximum absolute atomic E-state index is 12.3. The molecule has 0 atom stereocenters. The summed E-state index contributed by atoms with van der Waals surface area (Å²) >= 11 is 1.22. The summed E-state index contributed by atoms with van der Waals surface area (Å²) in [5.41, 5.74) is -0.263. The second-order valence-corrected chi connectivity index (χ2v) is 6.40. The number of hydrogen-bond acceptors (Lipinski definition) is 6. The zero-order valence-corrected chi connectivity index (χ0v) is 14.6. The highest BCUT2D eigenvalue weighted by Gasteiger charge is 2.22. The number of methoxy groups -OCH3 is 1. The van der Waals surface area contributed by atoms with Crippen molar-refractivity contribution in [3.8, 4) is 11.8 Å². The van der Waals surface area contributed by atoms with Crippen LogP contribution in [0, 0.1) is 18.3 Å². The van der Waals surface area contributed by atoms with Crippen LogP contribution in [0.2, 0.25) is 0 Å². The molecule has 0 fully saturated rings. The van der Waals surface area contributed by atoms with Crippen molar-refractivity contribution in [3.63, 3.8) is 0 Å². The van der Waals surface area contributed by atoms with E-state index in [1.54, 1.807) is 18.4 Å². The van der Waals surface area contributed by atoms with Crippen molar-refractivity contribution in [2.45, 2.75) is 13.5 Å². The van der Waals surface area contributed by atoms with E-state index in [4.69, 9.17) is 4.74 Å². The lowest BCUT2D eigenvalue weighted by Gasteiger charge is -2.16. The minimum Gasteiger partial charge on any atom is -0.496 e. The minimum absolute atomic E-state index is 0.0500. The van der Waals surface area contributed by atoms with E-state index < -0.39 is 17.2 Å². The molecule has 132 valence electrons. The topological polar surface area (TPSA) is 125 Å². The summed E-state index contributed by atoms with van der Waals surface area (Å²) < 4.78 is 6.41. The van der Waals surface area contributed by atoms with Crippen LogP contribution in [0.4, 0.5) is 0 Å². The van der Waals surface area contributed by atoms with E-state index in [1.807, 2.05) is 6.07 Å². The third kappa shape index (κ3) is 2.66. The number of hydrogen-bond donors (Lipinski definition) is 2. The standard InChI is InChI=1S/C17H13N3O5S/c1-8-11(9(6-18)5-12(25-2)13(8)16(22)23)7-20-15-10(3-4-26-15)14(21)19-17(20)24/h3-5H,7H2,1-2H3,(H,22,23)(H,19,21,24). The molecule has 0 radical (unpaired) electrons. The lowest BCUT2D eigenvalue weighted by molar-refractivity contribution is 0.0692. The maximum Gasteiger partial charge on any atom is 0.339 e. The molecule has 2 heterocycles. The summed E-state index contributed by atoms with van der Waals surface area (Å²) in [6, 6.07) is 4.96. The molecule has 0 bridgehead atoms. The fourth-order valence-electron chi connectivity index (χ4n) is 2.87. The molecule has 26 heavy (non-hydrogen) atoms. The Balaban J connectivity index is 2.30. The van der Waals surface area contributed by atoms with Gasteiger partial charge in [-0.05, 0) is 35.6 Å². The molecular weight excluding hydrogens is 358 g/mol. The summed E-state index contributed by atoms with van der Waals surface area (Å²) in [4.78, 5) is 38.5. The van der Waals surface area contributed by atoms with Crippen LogP contribution in [-0.4, -0.2) is 27.7 Å². The van der Waals surface area contributed by atoms with Crippen LogP contribution in [-0.2, 0) is 6.54 Å². The van der Waals surface area contributed by atoms with Crippen LogP contribution in [0.1, 0.15) is 27.0 Å². The van der Waals surface area contributed by atoms with Crippen molar-refractivity contribution >= 4 is 27.5 Å². The number of benzene rings is 1. The van der Waals surface area contributed by atoms with Crippen molar-refractivity contribution in [1.29, 1.82) is 5.26 Å². The van der Waals surface area contributed by atoms with Gasteiger partial charge in [-0.1, -0.05) is 0 Å². The molecule has 0 unspecified atom stereocenters. The molecule has 1 aromatic carbocycles. The number of fused-ring (bicyclic) bond motifs is 1. The van der Waals surface area contributed by atoms with Crippen LogP contribution in [0.25, 0.3) is 10.2 Å². The summed E-state index contributed by atoms with van der Waals surface area (Å²) in [7, 11) is 1.32. The van der Waals surface area contributed by atoms with Gasteiger partial charge in [0, 0.05) is 0 Å². The second kappa shape index (κ2) is 6.50. The van der Waals surface area contributed by atoms with Gasteiger partial charge in [0.05, 0.1) is 30.7 Å². The Labute approximate surface area is 150 Å². The number of carbonyl (C=O) groups is 1. The summed E-state index contributed by atoms with van der Waals surface area (Å²) in [5, 5.41) is 21.0. The molecule has 0 saturated heterocycles. The number of carboxylic acids is 1. The zero-order chi connectivity index (χ0) is 19.0. The van der Waals surface area contributed by atoms with Gasteiger partial charge in [0.2, 0.25) is 0 Å². The monoisotopic (exact) mass is 371 g/mol. The Kier molecular flexibility index (Phi) is 4.36. The van der Waals surface area contributed by atoms with Crippen LogP contribution in [0.15, 0.2) is 27.1 Å². The highest BCUT2D eigenvalue weighted by molar-refractivity contribution is 7.16. The van der Waals surface area contributed by atoms with Crippen molar-refractivity contribution in [1.82, 2.24) is 9.55 Å². The van der Waals surface area contributed by atoms with Crippen molar-refractivity contribution in [3.05, 3.63) is 60.6 Å². The van der Waals surface area contributed by atoms with E-state index in [-0.39, 0.29) is 23.4 Å². The first-order valence-electron chi connectivity index (χ1n) is 7.43. The number of thiophene rings is 1. The second-order valence-electron chi connectivity index (χ2n) is 5.51. The normalized spacial score (nSPS) is 10.7. The van der Waals surface area contributed by atoms with Crippen LogP contribution >= 0.6 is 11.3 Å². The molecule has 0 aliphatic heterocycles. The first-order chi connectivity index (χ1) is 12.4. The largest absolute Gasteiger partial charge is 0.496 e. The number of nitriles is 1. The summed E-state index contributed by atoms with van der Waals surface area (Å²) in [6.07, 6.45) is 0. The Bertz CT molecular complexity index is 1200. The van der Waals surface area contributed by atoms with Crippen LogP contribution < -0.4 is 16.0 Å². The maximum atomic E-state index is 12.3. The number of nitrogens with zero attached hydrogens (tertiary/aromatic N) is 2. The number of carboxylic acid groups (broad SMARTS) is 1. The number of aromatic carboxylic acids is 1. The third-order valence-electron chi connectivity index (χ3n) is 4.15. The molecule has 0 amide bonds. The van der Waals surface area contributed by atoms with Gasteiger partial charge in [0.25, 0.3) is 5.56 Å². The quantitative estimate of drug-likeness (QED) is 0.719. The molecular formula is C17H13N3O5S.